The molecule has 0 spiro atoms. The minimum absolute atomic E-state index is 0.670. The maximum Gasteiger partial charge on any atom is 0.267 e. The molecule has 1 atom stereocenters. The van der Waals surface area contributed by atoms with Gasteiger partial charge in [0.05, 0.1) is 0 Å². The predicted octanol–water partition coefficient (Wildman–Crippen LogP) is -0.419. The number of halogens is 2. The van der Waals surface area contributed by atoms with E-state index in [1.54, 1.807) is 0 Å². The lowest BCUT2D eigenvalue weighted by atomic mass is 10.7. The van der Waals surface area contributed by atoms with Crippen molar-refractivity contribution in [1.82, 2.24) is 0 Å². The Balaban J connectivity index is 4.24. The van der Waals surface area contributed by atoms with Gasteiger partial charge in [0.1, 0.15) is 0 Å². The summed E-state index contributed by atoms with van der Waals surface area (Å²) in [6, 6.07) is 0. The second-order valence-electron chi connectivity index (χ2n) is 1.63. The van der Waals surface area contributed by atoms with Crippen molar-refractivity contribution in [2.24, 2.45) is 5.73 Å². The fourth-order valence-electron chi connectivity index (χ4n) is 0.187. The zero-order valence-corrected chi connectivity index (χ0v) is 5.53. The third kappa shape index (κ3) is 2.71. The summed E-state index contributed by atoms with van der Waals surface area (Å²) in [7, 11) is -3.77. The third-order valence-electron chi connectivity index (χ3n) is 0.743. The summed E-state index contributed by atoms with van der Waals surface area (Å²) in [5.74, 6) is 0. The summed E-state index contributed by atoms with van der Waals surface area (Å²) in [6.07, 6.45) is -2.33. The van der Waals surface area contributed by atoms with Gasteiger partial charge < -0.3 is 5.73 Å². The molecule has 0 amide bonds. The Bertz CT molecular complexity index is 176. The van der Waals surface area contributed by atoms with E-state index in [1.807, 2.05) is 0 Å². The summed E-state index contributed by atoms with van der Waals surface area (Å²) in [5.41, 5.74) is 4.56. The van der Waals surface area contributed by atoms with Crippen molar-refractivity contribution in [2.45, 2.75) is 11.8 Å². The minimum Gasteiger partial charge on any atom is -0.310 e. The highest BCUT2D eigenvalue weighted by Crippen LogP contribution is 2.02. The van der Waals surface area contributed by atoms with E-state index in [0.29, 0.717) is 6.26 Å². The smallest absolute Gasteiger partial charge is 0.267 e. The fourth-order valence-corrected chi connectivity index (χ4v) is 0.561. The largest absolute Gasteiger partial charge is 0.310 e. The van der Waals surface area contributed by atoms with Crippen LogP contribution >= 0.6 is 0 Å². The zero-order chi connectivity index (χ0) is 7.65. The first-order valence-electron chi connectivity index (χ1n) is 2.08. The standard InChI is InChI=1S/C3H7F2NO2S/c1-9(7,8)3(6)2(4)5/h2-3H,6H2,1H3. The molecule has 0 heterocycles. The van der Waals surface area contributed by atoms with E-state index < -0.39 is 21.6 Å². The molecule has 0 saturated carbocycles. The molecule has 0 aliphatic heterocycles. The molecule has 1 unspecified atom stereocenters. The van der Waals surface area contributed by atoms with E-state index in [9.17, 15) is 17.2 Å². The summed E-state index contributed by atoms with van der Waals surface area (Å²) in [6.45, 7) is 0. The van der Waals surface area contributed by atoms with Gasteiger partial charge in [-0.1, -0.05) is 0 Å². The van der Waals surface area contributed by atoms with E-state index in [0.717, 1.165) is 0 Å². The Kier molecular flexibility index (Phi) is 2.50. The molecule has 0 aliphatic rings. The van der Waals surface area contributed by atoms with Gasteiger partial charge in [0.25, 0.3) is 6.43 Å². The van der Waals surface area contributed by atoms with E-state index in [2.05, 4.69) is 5.73 Å². The Hall–Kier alpha value is -0.230. The number of nitrogens with two attached hydrogens (primary N) is 1. The first-order chi connectivity index (χ1) is 3.85. The Labute approximate surface area is 51.8 Å². The highest BCUT2D eigenvalue weighted by Gasteiger charge is 2.25. The number of sulfone groups is 1. The number of hydrogen-bond donors (Lipinski definition) is 1. The molecule has 56 valence electrons. The molecule has 0 aliphatic carbocycles. The van der Waals surface area contributed by atoms with Crippen LogP contribution < -0.4 is 5.73 Å². The van der Waals surface area contributed by atoms with Crippen molar-refractivity contribution in [3.8, 4) is 0 Å². The lowest BCUT2D eigenvalue weighted by Crippen LogP contribution is -2.36. The van der Waals surface area contributed by atoms with Crippen molar-refractivity contribution in [1.29, 1.82) is 0 Å². The average Bonchev–Trinajstić information content (AvgIpc) is 1.62. The van der Waals surface area contributed by atoms with Gasteiger partial charge >= 0.3 is 0 Å². The fraction of sp³-hybridized carbons (Fsp3) is 1.00. The van der Waals surface area contributed by atoms with Crippen LogP contribution in [0.15, 0.2) is 0 Å². The summed E-state index contributed by atoms with van der Waals surface area (Å²) in [4.78, 5) is 0. The first-order valence-corrected chi connectivity index (χ1v) is 4.03. The summed E-state index contributed by atoms with van der Waals surface area (Å²) >= 11 is 0. The van der Waals surface area contributed by atoms with Crippen LogP contribution in [0, 0.1) is 0 Å². The van der Waals surface area contributed by atoms with Crippen LogP contribution in [0.3, 0.4) is 0 Å². The molecule has 0 aromatic rings. The van der Waals surface area contributed by atoms with Crippen molar-refractivity contribution >= 4 is 9.84 Å². The molecule has 0 fully saturated rings. The van der Waals surface area contributed by atoms with Crippen LogP contribution in [0.1, 0.15) is 0 Å². The van der Waals surface area contributed by atoms with Crippen LogP contribution in [0.4, 0.5) is 8.78 Å². The lowest BCUT2D eigenvalue weighted by Gasteiger charge is -2.05. The molecule has 0 saturated heterocycles. The highest BCUT2D eigenvalue weighted by molar-refractivity contribution is 7.91. The quantitative estimate of drug-likeness (QED) is 0.595. The molecule has 0 radical (unpaired) electrons. The minimum atomic E-state index is -3.77. The van der Waals surface area contributed by atoms with Crippen LogP contribution in [0.25, 0.3) is 0 Å². The Morgan fingerprint density at radius 2 is 1.78 bits per heavy atom. The van der Waals surface area contributed by atoms with Gasteiger partial charge in [-0.25, -0.2) is 17.2 Å². The summed E-state index contributed by atoms with van der Waals surface area (Å²) < 4.78 is 43.2. The lowest BCUT2D eigenvalue weighted by molar-refractivity contribution is 0.143. The highest BCUT2D eigenvalue weighted by atomic mass is 32.2. The normalized spacial score (nSPS) is 16.1. The van der Waals surface area contributed by atoms with Gasteiger partial charge in [-0.3, -0.25) is 0 Å². The van der Waals surface area contributed by atoms with E-state index in [-0.39, 0.29) is 0 Å². The van der Waals surface area contributed by atoms with Gasteiger partial charge in [0, 0.05) is 6.26 Å². The molecule has 0 bridgehead atoms. The van der Waals surface area contributed by atoms with E-state index in [1.165, 1.54) is 0 Å². The van der Waals surface area contributed by atoms with Gasteiger partial charge in [0.15, 0.2) is 15.2 Å². The van der Waals surface area contributed by atoms with Crippen molar-refractivity contribution in [2.75, 3.05) is 6.26 Å². The Morgan fingerprint density at radius 3 is 1.78 bits per heavy atom. The zero-order valence-electron chi connectivity index (χ0n) is 4.71. The molecular weight excluding hydrogens is 152 g/mol. The molecule has 9 heavy (non-hydrogen) atoms. The van der Waals surface area contributed by atoms with Crippen LogP contribution in [0.5, 0.6) is 0 Å². The van der Waals surface area contributed by atoms with Gasteiger partial charge in [-0.2, -0.15) is 0 Å². The summed E-state index contributed by atoms with van der Waals surface area (Å²) in [5, 5.41) is -2.04. The van der Waals surface area contributed by atoms with Crippen LogP contribution in [0.2, 0.25) is 0 Å². The molecule has 2 N–H and O–H groups in total. The van der Waals surface area contributed by atoms with Gasteiger partial charge in [-0.05, 0) is 0 Å². The third-order valence-corrected chi connectivity index (χ3v) is 1.94. The molecule has 6 heteroatoms. The molecule has 0 rings (SSSR count). The molecule has 0 aromatic heterocycles. The molecule has 3 nitrogen and oxygen atoms in total. The predicted molar refractivity (Wildman–Crippen MR) is 28.8 cm³/mol. The van der Waals surface area contributed by atoms with E-state index in [4.69, 9.17) is 0 Å². The van der Waals surface area contributed by atoms with Gasteiger partial charge in [0.2, 0.25) is 0 Å². The first kappa shape index (κ1) is 8.77. The van der Waals surface area contributed by atoms with Crippen LogP contribution in [-0.2, 0) is 9.84 Å². The maximum atomic E-state index is 11.4. The molecule has 0 aromatic carbocycles. The number of alkyl halides is 2. The monoisotopic (exact) mass is 159 g/mol. The average molecular weight is 159 g/mol. The van der Waals surface area contributed by atoms with Crippen LogP contribution in [-0.4, -0.2) is 26.5 Å². The number of hydrogen-bond acceptors (Lipinski definition) is 3. The second kappa shape index (κ2) is 2.57. The molecular formula is C3H7F2NO2S. The van der Waals surface area contributed by atoms with Crippen molar-refractivity contribution in [3.05, 3.63) is 0 Å². The Morgan fingerprint density at radius 1 is 1.44 bits per heavy atom. The van der Waals surface area contributed by atoms with E-state index >= 15 is 0 Å². The van der Waals surface area contributed by atoms with Crippen molar-refractivity contribution in [3.63, 3.8) is 0 Å². The number of rotatable bonds is 2. The topological polar surface area (TPSA) is 60.2 Å². The van der Waals surface area contributed by atoms with Gasteiger partial charge in [-0.15, -0.1) is 0 Å². The SMILES string of the molecule is CS(=O)(=O)C(N)C(F)F. The van der Waals surface area contributed by atoms with Crippen molar-refractivity contribution < 1.29 is 17.2 Å². The maximum absolute atomic E-state index is 11.4. The second-order valence-corrected chi connectivity index (χ2v) is 3.83.